The molecule has 0 spiro atoms. The minimum atomic E-state index is -3.68. The molecule has 2 N–H and O–H groups in total. The molecule has 0 heterocycles. The lowest BCUT2D eigenvalue weighted by atomic mass is 10.1. The standard InChI is InChI=1S/C22H29N3O4S/c1-6-16-11-13-17(14-12-16)25(30(5,28)29)15-20(26)23-19-10-8-7-9-18(19)21(27)24-22(2,3)4/h7-14H,6,15H2,1-5H3,(H,23,26)(H,24,27). The number of hydrogen-bond acceptors (Lipinski definition) is 4. The molecule has 162 valence electrons. The number of nitrogens with one attached hydrogen (secondary N) is 2. The van der Waals surface area contributed by atoms with E-state index < -0.39 is 28.0 Å². The van der Waals surface area contributed by atoms with Crippen LogP contribution in [0.2, 0.25) is 0 Å². The van der Waals surface area contributed by atoms with Crippen LogP contribution >= 0.6 is 0 Å². The first-order valence-corrected chi connectivity index (χ1v) is 11.5. The zero-order valence-corrected chi connectivity index (χ0v) is 18.8. The molecule has 2 aromatic carbocycles. The molecule has 8 heteroatoms. The molecular formula is C22H29N3O4S. The van der Waals surface area contributed by atoms with Gasteiger partial charge in [0.05, 0.1) is 23.2 Å². The highest BCUT2D eigenvalue weighted by atomic mass is 32.2. The topological polar surface area (TPSA) is 95.6 Å². The van der Waals surface area contributed by atoms with Crippen LogP contribution in [0.3, 0.4) is 0 Å². The normalized spacial score (nSPS) is 11.6. The van der Waals surface area contributed by atoms with E-state index in [2.05, 4.69) is 10.6 Å². The molecule has 0 aromatic heterocycles. The van der Waals surface area contributed by atoms with E-state index in [9.17, 15) is 18.0 Å². The number of amides is 2. The molecule has 2 aromatic rings. The van der Waals surface area contributed by atoms with Gasteiger partial charge in [0.2, 0.25) is 15.9 Å². The zero-order valence-electron chi connectivity index (χ0n) is 18.0. The van der Waals surface area contributed by atoms with Crippen LogP contribution in [0.25, 0.3) is 0 Å². The van der Waals surface area contributed by atoms with E-state index in [0.717, 1.165) is 22.5 Å². The summed E-state index contributed by atoms with van der Waals surface area (Å²) in [5.41, 5.74) is 1.66. The van der Waals surface area contributed by atoms with Gasteiger partial charge in [0, 0.05) is 5.54 Å². The molecule has 0 unspecified atom stereocenters. The van der Waals surface area contributed by atoms with Crippen LogP contribution in [0.4, 0.5) is 11.4 Å². The molecule has 30 heavy (non-hydrogen) atoms. The fraction of sp³-hybridized carbons (Fsp3) is 0.364. The minimum absolute atomic E-state index is 0.305. The highest BCUT2D eigenvalue weighted by Crippen LogP contribution is 2.20. The number of nitrogens with zero attached hydrogens (tertiary/aromatic N) is 1. The Morgan fingerprint density at radius 2 is 1.60 bits per heavy atom. The van der Waals surface area contributed by atoms with Crippen LogP contribution in [0, 0.1) is 0 Å². The van der Waals surface area contributed by atoms with E-state index in [1.807, 2.05) is 39.8 Å². The first-order valence-electron chi connectivity index (χ1n) is 9.69. The highest BCUT2D eigenvalue weighted by Gasteiger charge is 2.23. The van der Waals surface area contributed by atoms with Gasteiger partial charge in [-0.25, -0.2) is 8.42 Å². The Kier molecular flexibility index (Phi) is 7.25. The van der Waals surface area contributed by atoms with Crippen molar-refractivity contribution in [3.05, 3.63) is 59.7 Å². The molecular weight excluding hydrogens is 402 g/mol. The van der Waals surface area contributed by atoms with Crippen LogP contribution in [-0.2, 0) is 21.2 Å². The van der Waals surface area contributed by atoms with E-state index in [4.69, 9.17) is 0 Å². The van der Waals surface area contributed by atoms with Crippen LogP contribution in [0.15, 0.2) is 48.5 Å². The molecule has 2 rings (SSSR count). The van der Waals surface area contributed by atoms with Crippen LogP contribution < -0.4 is 14.9 Å². The van der Waals surface area contributed by atoms with Crippen molar-refractivity contribution in [2.24, 2.45) is 0 Å². The predicted octanol–water partition coefficient (Wildman–Crippen LogP) is 3.18. The molecule has 0 radical (unpaired) electrons. The van der Waals surface area contributed by atoms with Gasteiger partial charge < -0.3 is 10.6 Å². The number of para-hydroxylation sites is 1. The largest absolute Gasteiger partial charge is 0.347 e. The number of carbonyl (C=O) groups is 2. The van der Waals surface area contributed by atoms with Crippen LogP contribution in [0.5, 0.6) is 0 Å². The van der Waals surface area contributed by atoms with Crippen molar-refractivity contribution in [2.45, 2.75) is 39.7 Å². The SMILES string of the molecule is CCc1ccc(N(CC(=O)Nc2ccccc2C(=O)NC(C)(C)C)S(C)(=O)=O)cc1. The fourth-order valence-electron chi connectivity index (χ4n) is 2.82. The van der Waals surface area contributed by atoms with E-state index in [-0.39, 0.29) is 5.91 Å². The maximum absolute atomic E-state index is 12.7. The number of hydrogen-bond donors (Lipinski definition) is 2. The van der Waals surface area contributed by atoms with Crippen molar-refractivity contribution in [3.63, 3.8) is 0 Å². The zero-order chi connectivity index (χ0) is 22.5. The smallest absolute Gasteiger partial charge is 0.253 e. The summed E-state index contributed by atoms with van der Waals surface area (Å²) in [7, 11) is -3.68. The number of rotatable bonds is 7. The summed E-state index contributed by atoms with van der Waals surface area (Å²) >= 11 is 0. The number of carbonyl (C=O) groups excluding carboxylic acids is 2. The van der Waals surface area contributed by atoms with Gasteiger partial charge >= 0.3 is 0 Å². The molecule has 2 amide bonds. The number of anilines is 2. The lowest BCUT2D eigenvalue weighted by Crippen LogP contribution is -2.41. The Balaban J connectivity index is 2.23. The average Bonchev–Trinajstić information content (AvgIpc) is 2.64. The Hall–Kier alpha value is -2.87. The molecule has 0 saturated heterocycles. The third kappa shape index (κ3) is 6.59. The maximum atomic E-state index is 12.7. The molecule has 0 aliphatic carbocycles. The van der Waals surface area contributed by atoms with E-state index >= 15 is 0 Å². The van der Waals surface area contributed by atoms with E-state index in [0.29, 0.717) is 16.9 Å². The Labute approximate surface area is 178 Å². The van der Waals surface area contributed by atoms with Crippen LogP contribution in [-0.4, -0.2) is 38.6 Å². The summed E-state index contributed by atoms with van der Waals surface area (Å²) in [5.74, 6) is -0.871. The van der Waals surface area contributed by atoms with Gasteiger partial charge in [-0.05, 0) is 57.0 Å². The summed E-state index contributed by atoms with van der Waals surface area (Å²) in [6.45, 7) is 7.18. The second-order valence-corrected chi connectivity index (χ2v) is 9.99. The molecule has 0 bridgehead atoms. The van der Waals surface area contributed by atoms with Crippen molar-refractivity contribution < 1.29 is 18.0 Å². The summed E-state index contributed by atoms with van der Waals surface area (Å²) in [4.78, 5) is 25.2. The third-order valence-electron chi connectivity index (χ3n) is 4.25. The van der Waals surface area contributed by atoms with Crippen molar-refractivity contribution >= 4 is 33.2 Å². The fourth-order valence-corrected chi connectivity index (χ4v) is 3.67. The van der Waals surface area contributed by atoms with Gasteiger partial charge in [0.25, 0.3) is 5.91 Å². The Morgan fingerprint density at radius 3 is 2.13 bits per heavy atom. The Morgan fingerprint density at radius 1 is 1.00 bits per heavy atom. The maximum Gasteiger partial charge on any atom is 0.253 e. The predicted molar refractivity (Wildman–Crippen MR) is 120 cm³/mol. The van der Waals surface area contributed by atoms with Crippen molar-refractivity contribution in [3.8, 4) is 0 Å². The third-order valence-corrected chi connectivity index (χ3v) is 5.40. The van der Waals surface area contributed by atoms with Gasteiger partial charge in [0.15, 0.2) is 0 Å². The van der Waals surface area contributed by atoms with Crippen molar-refractivity contribution in [2.75, 3.05) is 22.4 Å². The summed E-state index contributed by atoms with van der Waals surface area (Å²) < 4.78 is 25.6. The second kappa shape index (κ2) is 9.30. The highest BCUT2D eigenvalue weighted by molar-refractivity contribution is 7.92. The number of aryl methyl sites for hydroxylation is 1. The summed E-state index contributed by atoms with van der Waals surface area (Å²) in [6, 6.07) is 13.6. The molecule has 7 nitrogen and oxygen atoms in total. The van der Waals surface area contributed by atoms with Crippen molar-refractivity contribution in [1.29, 1.82) is 0 Å². The lowest BCUT2D eigenvalue weighted by molar-refractivity contribution is -0.114. The molecule has 0 atom stereocenters. The van der Waals surface area contributed by atoms with Crippen LogP contribution in [0.1, 0.15) is 43.6 Å². The minimum Gasteiger partial charge on any atom is -0.347 e. The van der Waals surface area contributed by atoms with Gasteiger partial charge in [-0.2, -0.15) is 0 Å². The van der Waals surface area contributed by atoms with Gasteiger partial charge in [-0.3, -0.25) is 13.9 Å². The Bertz CT molecular complexity index is 1010. The monoisotopic (exact) mass is 431 g/mol. The first-order chi connectivity index (χ1) is 13.9. The molecule has 0 aliphatic heterocycles. The first kappa shape index (κ1) is 23.4. The molecule has 0 fully saturated rings. The summed E-state index contributed by atoms with van der Waals surface area (Å²) in [6.07, 6.45) is 1.88. The van der Waals surface area contributed by atoms with Gasteiger partial charge in [-0.15, -0.1) is 0 Å². The van der Waals surface area contributed by atoms with E-state index in [1.54, 1.807) is 36.4 Å². The van der Waals surface area contributed by atoms with Gasteiger partial charge in [-0.1, -0.05) is 31.2 Å². The lowest BCUT2D eigenvalue weighted by Gasteiger charge is -2.23. The second-order valence-electron chi connectivity index (χ2n) is 8.09. The van der Waals surface area contributed by atoms with Gasteiger partial charge in [0.1, 0.15) is 6.54 Å². The number of sulfonamides is 1. The van der Waals surface area contributed by atoms with Crippen molar-refractivity contribution in [1.82, 2.24) is 5.32 Å². The number of benzene rings is 2. The molecule has 0 aliphatic rings. The van der Waals surface area contributed by atoms with E-state index in [1.165, 1.54) is 0 Å². The average molecular weight is 432 g/mol. The quantitative estimate of drug-likeness (QED) is 0.704. The summed E-state index contributed by atoms with van der Waals surface area (Å²) in [5, 5.41) is 5.52. The molecule has 0 saturated carbocycles.